The van der Waals surface area contributed by atoms with Crippen LogP contribution in [-0.4, -0.2) is 22.4 Å². The lowest BCUT2D eigenvalue weighted by Gasteiger charge is -2.62. The molecule has 0 aromatic carbocycles. The molecular formula is C28H50O2. The fourth-order valence-corrected chi connectivity index (χ4v) is 9.31. The van der Waals surface area contributed by atoms with Crippen LogP contribution in [0.2, 0.25) is 0 Å². The molecule has 2 N–H and O–H groups in total. The molecular weight excluding hydrogens is 368 g/mol. The third-order valence-electron chi connectivity index (χ3n) is 11.3. The summed E-state index contributed by atoms with van der Waals surface area (Å²) in [6.07, 6.45) is 18.4. The highest BCUT2D eigenvalue weighted by Gasteiger charge is 2.60. The summed E-state index contributed by atoms with van der Waals surface area (Å²) in [5.74, 6) is 5.32. The summed E-state index contributed by atoms with van der Waals surface area (Å²) in [4.78, 5) is 0. The fourth-order valence-electron chi connectivity index (χ4n) is 9.31. The van der Waals surface area contributed by atoms with Gasteiger partial charge in [-0.2, -0.15) is 0 Å². The van der Waals surface area contributed by atoms with Crippen molar-refractivity contribution in [2.45, 2.75) is 123 Å². The molecule has 4 saturated carbocycles. The molecule has 0 amide bonds. The van der Waals surface area contributed by atoms with Crippen LogP contribution in [0.15, 0.2) is 0 Å². The molecule has 4 aliphatic carbocycles. The maximum atomic E-state index is 10.7. The van der Waals surface area contributed by atoms with Crippen LogP contribution in [0.3, 0.4) is 0 Å². The van der Waals surface area contributed by atoms with Gasteiger partial charge in [0.1, 0.15) is 0 Å². The van der Waals surface area contributed by atoms with Crippen molar-refractivity contribution >= 4 is 0 Å². The van der Waals surface area contributed by atoms with E-state index in [0.29, 0.717) is 17.4 Å². The highest BCUT2D eigenvalue weighted by Crippen LogP contribution is 2.68. The standard InChI is InChI=1S/C28H50O2/c1-20(8-6-18-29)7-5-9-21-11-13-24-23-12-10-22-19-26(2,30)16-17-28(22,4)25(23)14-15-27(21,24)3/h20-25,29-30H,5-19H2,1-4H3/t20?,21?,22?,23?,24?,25?,26-,27+,28?/m0/s1. The summed E-state index contributed by atoms with van der Waals surface area (Å²) >= 11 is 0. The van der Waals surface area contributed by atoms with Crippen molar-refractivity contribution in [3.63, 3.8) is 0 Å². The Bertz CT molecular complexity index is 585. The molecule has 4 fully saturated rings. The first-order valence-corrected chi connectivity index (χ1v) is 13.5. The zero-order chi connectivity index (χ0) is 21.6. The van der Waals surface area contributed by atoms with Crippen molar-refractivity contribution in [1.82, 2.24) is 0 Å². The van der Waals surface area contributed by atoms with Gasteiger partial charge in [0.15, 0.2) is 0 Å². The van der Waals surface area contributed by atoms with Crippen molar-refractivity contribution in [3.05, 3.63) is 0 Å². The van der Waals surface area contributed by atoms with Gasteiger partial charge in [0.25, 0.3) is 0 Å². The Hall–Kier alpha value is -0.0800. The van der Waals surface area contributed by atoms with E-state index in [1.54, 1.807) is 0 Å². The van der Waals surface area contributed by atoms with Crippen LogP contribution in [0, 0.1) is 46.3 Å². The third kappa shape index (κ3) is 4.14. The van der Waals surface area contributed by atoms with E-state index in [2.05, 4.69) is 27.7 Å². The molecule has 174 valence electrons. The molecule has 9 atom stereocenters. The summed E-state index contributed by atoms with van der Waals surface area (Å²) in [5.41, 5.74) is 0.679. The second-order valence-corrected chi connectivity index (χ2v) is 13.1. The maximum absolute atomic E-state index is 10.7. The highest BCUT2D eigenvalue weighted by atomic mass is 16.3. The van der Waals surface area contributed by atoms with Crippen LogP contribution in [0.25, 0.3) is 0 Å². The van der Waals surface area contributed by atoms with Crippen LogP contribution in [-0.2, 0) is 0 Å². The van der Waals surface area contributed by atoms with Crippen molar-refractivity contribution in [3.8, 4) is 0 Å². The normalized spacial score (nSPS) is 49.2. The van der Waals surface area contributed by atoms with Crippen LogP contribution < -0.4 is 0 Å². The fraction of sp³-hybridized carbons (Fsp3) is 1.00. The van der Waals surface area contributed by atoms with E-state index in [4.69, 9.17) is 5.11 Å². The molecule has 0 bridgehead atoms. The Morgan fingerprint density at radius 2 is 1.57 bits per heavy atom. The van der Waals surface area contributed by atoms with Crippen molar-refractivity contribution in [1.29, 1.82) is 0 Å². The summed E-state index contributed by atoms with van der Waals surface area (Å²) in [6, 6.07) is 0. The van der Waals surface area contributed by atoms with Gasteiger partial charge in [0.2, 0.25) is 0 Å². The predicted molar refractivity (Wildman–Crippen MR) is 125 cm³/mol. The zero-order valence-electron chi connectivity index (χ0n) is 20.5. The van der Waals surface area contributed by atoms with Crippen molar-refractivity contribution in [2.75, 3.05) is 6.61 Å². The number of aliphatic hydroxyl groups is 2. The van der Waals surface area contributed by atoms with Gasteiger partial charge in [0, 0.05) is 6.61 Å². The van der Waals surface area contributed by atoms with Crippen LogP contribution in [0.1, 0.15) is 118 Å². The SMILES string of the molecule is CC(CCCO)CCCC1CCC2C3CCC4C[C@@](C)(O)CCC4(C)C3CC[C@]12C. The molecule has 0 aliphatic heterocycles. The molecule has 0 aromatic rings. The Morgan fingerprint density at radius 1 is 0.833 bits per heavy atom. The average molecular weight is 419 g/mol. The number of hydrogen-bond donors (Lipinski definition) is 2. The monoisotopic (exact) mass is 418 g/mol. The van der Waals surface area contributed by atoms with Gasteiger partial charge in [-0.1, -0.05) is 33.6 Å². The maximum Gasteiger partial charge on any atom is 0.0622 e. The van der Waals surface area contributed by atoms with Gasteiger partial charge in [0.05, 0.1) is 5.60 Å². The summed E-state index contributed by atoms with van der Waals surface area (Å²) < 4.78 is 0. The first-order chi connectivity index (χ1) is 14.2. The first-order valence-electron chi connectivity index (χ1n) is 13.5. The molecule has 0 aromatic heterocycles. The third-order valence-corrected chi connectivity index (χ3v) is 11.3. The molecule has 7 unspecified atom stereocenters. The molecule has 2 nitrogen and oxygen atoms in total. The van der Waals surface area contributed by atoms with E-state index in [1.165, 1.54) is 70.6 Å². The van der Waals surface area contributed by atoms with Crippen LogP contribution in [0.5, 0.6) is 0 Å². The average Bonchev–Trinajstić information content (AvgIpc) is 3.03. The van der Waals surface area contributed by atoms with E-state index in [0.717, 1.165) is 54.8 Å². The molecule has 4 aliphatic rings. The second kappa shape index (κ2) is 8.69. The smallest absolute Gasteiger partial charge is 0.0622 e. The Labute approximate surface area is 186 Å². The summed E-state index contributed by atoms with van der Waals surface area (Å²) in [7, 11) is 0. The van der Waals surface area contributed by atoms with E-state index >= 15 is 0 Å². The second-order valence-electron chi connectivity index (χ2n) is 13.1. The number of fused-ring (bicyclic) bond motifs is 5. The number of rotatable bonds is 7. The minimum atomic E-state index is -0.410. The van der Waals surface area contributed by atoms with Gasteiger partial charge in [-0.3, -0.25) is 0 Å². The molecule has 0 radical (unpaired) electrons. The molecule has 4 rings (SSSR count). The molecule has 30 heavy (non-hydrogen) atoms. The summed E-state index contributed by atoms with van der Waals surface area (Å²) in [6.45, 7) is 10.1. The minimum absolute atomic E-state index is 0.354. The van der Waals surface area contributed by atoms with Gasteiger partial charge in [-0.15, -0.1) is 0 Å². The lowest BCUT2D eigenvalue weighted by Crippen LogP contribution is -2.55. The predicted octanol–water partition coefficient (Wildman–Crippen LogP) is 6.98. The van der Waals surface area contributed by atoms with Crippen molar-refractivity contribution < 1.29 is 10.2 Å². The van der Waals surface area contributed by atoms with E-state index in [-0.39, 0.29) is 0 Å². The largest absolute Gasteiger partial charge is 0.396 e. The summed E-state index contributed by atoms with van der Waals surface area (Å²) in [5, 5.41) is 19.8. The first kappa shape index (κ1) is 23.1. The van der Waals surface area contributed by atoms with Gasteiger partial charge < -0.3 is 10.2 Å². The Balaban J connectivity index is 1.38. The Kier molecular flexibility index (Phi) is 6.69. The zero-order valence-corrected chi connectivity index (χ0v) is 20.5. The lowest BCUT2D eigenvalue weighted by molar-refractivity contribution is -0.146. The lowest BCUT2D eigenvalue weighted by atomic mass is 9.44. The van der Waals surface area contributed by atoms with Gasteiger partial charge >= 0.3 is 0 Å². The molecule has 0 heterocycles. The van der Waals surface area contributed by atoms with Gasteiger partial charge in [-0.05, 0) is 130 Å². The van der Waals surface area contributed by atoms with Crippen LogP contribution in [0.4, 0.5) is 0 Å². The number of hydrogen-bond acceptors (Lipinski definition) is 2. The van der Waals surface area contributed by atoms with E-state index in [9.17, 15) is 5.11 Å². The molecule has 2 heteroatoms. The van der Waals surface area contributed by atoms with Crippen LogP contribution >= 0.6 is 0 Å². The minimum Gasteiger partial charge on any atom is -0.396 e. The quantitative estimate of drug-likeness (QED) is 0.468. The van der Waals surface area contributed by atoms with E-state index in [1.807, 2.05) is 0 Å². The molecule has 0 spiro atoms. The number of aliphatic hydroxyl groups excluding tert-OH is 1. The topological polar surface area (TPSA) is 40.5 Å². The van der Waals surface area contributed by atoms with Gasteiger partial charge in [-0.25, -0.2) is 0 Å². The Morgan fingerprint density at radius 3 is 2.33 bits per heavy atom. The van der Waals surface area contributed by atoms with Crippen molar-refractivity contribution in [2.24, 2.45) is 46.3 Å². The molecule has 0 saturated heterocycles. The van der Waals surface area contributed by atoms with E-state index < -0.39 is 5.60 Å². The highest BCUT2D eigenvalue weighted by molar-refractivity contribution is 5.10.